The molecule has 0 aliphatic carbocycles. The molecule has 6 nitrogen and oxygen atoms in total. The van der Waals surface area contributed by atoms with Crippen molar-refractivity contribution < 1.29 is 21.6 Å². The molecule has 0 amide bonds. The number of benzene rings is 3. The second-order valence-electron chi connectivity index (χ2n) is 7.43. The minimum absolute atomic E-state index is 0.0120. The Labute approximate surface area is 188 Å². The average molecular weight is 470 g/mol. The van der Waals surface area contributed by atoms with Crippen molar-refractivity contribution in [2.75, 3.05) is 5.32 Å². The first-order chi connectivity index (χ1) is 15.7. The van der Waals surface area contributed by atoms with Crippen LogP contribution in [0.4, 0.5) is 18.9 Å². The first-order valence-electron chi connectivity index (χ1n) is 9.80. The van der Waals surface area contributed by atoms with Crippen LogP contribution in [-0.2, 0) is 16.6 Å². The number of halogens is 3. The van der Waals surface area contributed by atoms with E-state index < -0.39 is 33.4 Å². The fourth-order valence-electron chi connectivity index (χ4n) is 3.62. The quantitative estimate of drug-likeness (QED) is 0.592. The third-order valence-corrected chi connectivity index (χ3v) is 6.65. The smallest absolute Gasteiger partial charge is 0.266 e. The molecule has 0 fully saturated rings. The van der Waals surface area contributed by atoms with Crippen LogP contribution in [0.2, 0.25) is 0 Å². The van der Waals surface area contributed by atoms with Crippen LogP contribution in [0.1, 0.15) is 35.1 Å². The lowest BCUT2D eigenvalue weighted by Crippen LogP contribution is -2.41. The SMILES string of the molecule is C[C@@H](c1ccc(F)c(C#N)c1)c1c(F)ccc2c1NC(=NCc1cccc(F)c1)NS2(=O)=O. The van der Waals surface area contributed by atoms with Gasteiger partial charge < -0.3 is 5.32 Å². The van der Waals surface area contributed by atoms with E-state index >= 15 is 0 Å². The van der Waals surface area contributed by atoms with Crippen LogP contribution in [0.15, 0.2) is 64.5 Å². The number of guanidine groups is 1. The molecule has 10 heteroatoms. The lowest BCUT2D eigenvalue weighted by molar-refractivity contribution is 0.586. The van der Waals surface area contributed by atoms with Crippen LogP contribution in [0, 0.1) is 28.8 Å². The summed E-state index contributed by atoms with van der Waals surface area (Å²) in [6, 6.07) is 13.4. The van der Waals surface area contributed by atoms with Gasteiger partial charge in [0.25, 0.3) is 10.0 Å². The van der Waals surface area contributed by atoms with Gasteiger partial charge in [0.05, 0.1) is 17.8 Å². The molecule has 0 saturated heterocycles. The van der Waals surface area contributed by atoms with Crippen molar-refractivity contribution in [3.05, 3.63) is 94.3 Å². The molecular weight excluding hydrogens is 453 g/mol. The van der Waals surface area contributed by atoms with E-state index in [0.29, 0.717) is 11.1 Å². The first-order valence-corrected chi connectivity index (χ1v) is 11.3. The number of hydrogen-bond acceptors (Lipinski definition) is 4. The maximum absolute atomic E-state index is 15.0. The Kier molecular flexibility index (Phi) is 5.82. The third-order valence-electron chi connectivity index (χ3n) is 5.27. The molecule has 3 aromatic carbocycles. The number of fused-ring (bicyclic) bond motifs is 1. The molecule has 0 bridgehead atoms. The van der Waals surface area contributed by atoms with Crippen molar-refractivity contribution in [3.63, 3.8) is 0 Å². The highest BCUT2D eigenvalue weighted by molar-refractivity contribution is 7.90. The Hall–Kier alpha value is -3.84. The summed E-state index contributed by atoms with van der Waals surface area (Å²) in [6.45, 7) is 1.59. The Bertz CT molecular complexity index is 1430. The second-order valence-corrected chi connectivity index (χ2v) is 9.08. The van der Waals surface area contributed by atoms with Gasteiger partial charge in [-0.15, -0.1) is 0 Å². The van der Waals surface area contributed by atoms with Gasteiger partial charge in [-0.2, -0.15) is 5.26 Å². The van der Waals surface area contributed by atoms with E-state index in [1.54, 1.807) is 19.1 Å². The monoisotopic (exact) mass is 470 g/mol. The van der Waals surface area contributed by atoms with E-state index in [1.807, 2.05) is 0 Å². The minimum atomic E-state index is -4.07. The lowest BCUT2D eigenvalue weighted by atomic mass is 9.90. The summed E-state index contributed by atoms with van der Waals surface area (Å²) in [5.41, 5.74) is 0.742. The summed E-state index contributed by atoms with van der Waals surface area (Å²) in [6.07, 6.45) is 0. The summed E-state index contributed by atoms with van der Waals surface area (Å²) < 4.78 is 70.1. The molecular formula is C23H17F3N4O2S. The van der Waals surface area contributed by atoms with Gasteiger partial charge >= 0.3 is 0 Å². The maximum atomic E-state index is 15.0. The van der Waals surface area contributed by atoms with Crippen LogP contribution in [0.25, 0.3) is 0 Å². The number of aliphatic imine (C=N–C) groups is 1. The molecule has 3 aromatic rings. The number of nitrogens with one attached hydrogen (secondary N) is 2. The Morgan fingerprint density at radius 3 is 2.55 bits per heavy atom. The van der Waals surface area contributed by atoms with Crippen LogP contribution in [0.3, 0.4) is 0 Å². The highest BCUT2D eigenvalue weighted by atomic mass is 32.2. The van der Waals surface area contributed by atoms with Crippen molar-refractivity contribution in [2.45, 2.75) is 24.3 Å². The van der Waals surface area contributed by atoms with E-state index in [2.05, 4.69) is 15.0 Å². The molecule has 1 atom stereocenters. The molecule has 168 valence electrons. The summed E-state index contributed by atoms with van der Waals surface area (Å²) in [7, 11) is -4.07. The predicted molar refractivity (Wildman–Crippen MR) is 117 cm³/mol. The van der Waals surface area contributed by atoms with Gasteiger partial charge in [-0.05, 0) is 47.5 Å². The van der Waals surface area contributed by atoms with Crippen molar-refractivity contribution in [1.29, 1.82) is 5.26 Å². The molecule has 33 heavy (non-hydrogen) atoms. The van der Waals surface area contributed by atoms with Gasteiger partial charge in [0.1, 0.15) is 28.4 Å². The molecule has 0 spiro atoms. The van der Waals surface area contributed by atoms with E-state index in [1.165, 1.54) is 30.3 Å². The van der Waals surface area contributed by atoms with Crippen molar-refractivity contribution in [2.24, 2.45) is 4.99 Å². The number of nitrogens with zero attached hydrogens (tertiary/aromatic N) is 2. The minimum Gasteiger partial charge on any atom is -0.324 e. The molecule has 1 heterocycles. The van der Waals surface area contributed by atoms with Gasteiger partial charge in [0, 0.05) is 11.5 Å². The predicted octanol–water partition coefficient (Wildman–Crippen LogP) is 4.39. The van der Waals surface area contributed by atoms with Gasteiger partial charge in [-0.1, -0.05) is 25.1 Å². The summed E-state index contributed by atoms with van der Waals surface area (Å²) in [5, 5.41) is 11.9. The van der Waals surface area contributed by atoms with Gasteiger partial charge in [0.15, 0.2) is 0 Å². The van der Waals surface area contributed by atoms with Crippen LogP contribution >= 0.6 is 0 Å². The van der Waals surface area contributed by atoms with Crippen LogP contribution in [0.5, 0.6) is 0 Å². The first kappa shape index (κ1) is 22.4. The summed E-state index contributed by atoms with van der Waals surface area (Å²) in [5.74, 6) is -2.72. The van der Waals surface area contributed by atoms with Crippen molar-refractivity contribution in [1.82, 2.24) is 4.72 Å². The molecule has 2 N–H and O–H groups in total. The topological polar surface area (TPSA) is 94.3 Å². The molecule has 1 aliphatic heterocycles. The molecule has 1 aliphatic rings. The van der Waals surface area contributed by atoms with Crippen molar-refractivity contribution in [3.8, 4) is 6.07 Å². The highest BCUT2D eigenvalue weighted by Crippen LogP contribution is 2.38. The van der Waals surface area contributed by atoms with Crippen LogP contribution in [-0.4, -0.2) is 14.4 Å². The maximum Gasteiger partial charge on any atom is 0.266 e. The molecule has 0 aromatic heterocycles. The third kappa shape index (κ3) is 4.40. The fraction of sp³-hybridized carbons (Fsp3) is 0.130. The summed E-state index contributed by atoms with van der Waals surface area (Å²) >= 11 is 0. The van der Waals surface area contributed by atoms with E-state index in [9.17, 15) is 21.6 Å². The average Bonchev–Trinajstić information content (AvgIpc) is 2.77. The zero-order chi connectivity index (χ0) is 23.8. The van der Waals surface area contributed by atoms with Crippen LogP contribution < -0.4 is 10.0 Å². The van der Waals surface area contributed by atoms with E-state index in [-0.39, 0.29) is 34.2 Å². The van der Waals surface area contributed by atoms with Gasteiger partial charge in [-0.3, -0.25) is 0 Å². The molecule has 4 rings (SSSR count). The number of anilines is 1. The lowest BCUT2D eigenvalue weighted by Gasteiger charge is -2.26. The number of rotatable bonds is 4. The molecule has 0 saturated carbocycles. The second kappa shape index (κ2) is 8.60. The fourth-order valence-corrected chi connectivity index (χ4v) is 4.78. The standard InChI is InChI=1S/C23H17F3N4O2S/c1-13(15-5-6-18(25)16(10-15)11-27)21-19(26)7-8-20-22(21)29-23(30-33(20,31)32)28-12-14-3-2-4-17(24)9-14/h2-10,13H,12H2,1H3,(H2,28,29,30)/t13-/m0/s1. The summed E-state index contributed by atoms with van der Waals surface area (Å²) in [4.78, 5) is 3.98. The van der Waals surface area contributed by atoms with E-state index in [4.69, 9.17) is 5.26 Å². The Balaban J connectivity index is 1.77. The van der Waals surface area contributed by atoms with Gasteiger partial charge in [-0.25, -0.2) is 31.3 Å². The highest BCUT2D eigenvalue weighted by Gasteiger charge is 2.32. The molecule has 0 unspecified atom stereocenters. The number of nitriles is 1. The van der Waals surface area contributed by atoms with E-state index in [0.717, 1.165) is 18.2 Å². The largest absolute Gasteiger partial charge is 0.324 e. The van der Waals surface area contributed by atoms with Gasteiger partial charge in [0.2, 0.25) is 5.96 Å². The molecule has 0 radical (unpaired) electrons. The Morgan fingerprint density at radius 2 is 1.82 bits per heavy atom. The normalized spacial score (nSPS) is 16.3. The zero-order valence-corrected chi connectivity index (χ0v) is 18.1. The van der Waals surface area contributed by atoms with Crippen molar-refractivity contribution >= 4 is 21.7 Å². The number of hydrogen-bond donors (Lipinski definition) is 2. The Morgan fingerprint density at radius 1 is 1.06 bits per heavy atom. The zero-order valence-electron chi connectivity index (χ0n) is 17.2. The number of sulfonamides is 1.